The average molecular weight is 569 g/mol. The van der Waals surface area contributed by atoms with Crippen molar-refractivity contribution in [2.24, 2.45) is 0 Å². The van der Waals surface area contributed by atoms with E-state index in [-0.39, 0.29) is 39.6 Å². The monoisotopic (exact) mass is 568 g/mol. The molecule has 0 fully saturated rings. The van der Waals surface area contributed by atoms with Crippen molar-refractivity contribution >= 4 is 93.2 Å². The van der Waals surface area contributed by atoms with Crippen LogP contribution in [-0.2, 0) is 40.5 Å². The Morgan fingerprint density at radius 1 is 0.516 bits per heavy atom. The molecule has 31 heavy (non-hydrogen) atoms. The molecule has 0 unspecified atom stereocenters. The van der Waals surface area contributed by atoms with Gasteiger partial charge in [0.25, 0.3) is 40.5 Å². The molecule has 4 N–H and O–H groups in total. The molecule has 0 saturated carbocycles. The van der Waals surface area contributed by atoms with Crippen LogP contribution in [0.15, 0.2) is 56.0 Å². The van der Waals surface area contributed by atoms with Crippen molar-refractivity contribution < 1.29 is 51.9 Å². The minimum absolute atomic E-state index is 0. The molecule has 2 aromatic rings. The third-order valence-electron chi connectivity index (χ3n) is 2.96. The van der Waals surface area contributed by atoms with Gasteiger partial charge in [-0.1, -0.05) is 23.2 Å². The molecule has 19 heteroatoms. The Hall–Kier alpha value is -0.340. The van der Waals surface area contributed by atoms with Crippen LogP contribution in [0.25, 0.3) is 0 Å². The predicted octanol–water partition coefficient (Wildman–Crippen LogP) is 1.02. The molecule has 0 amide bonds. The Balaban J connectivity index is 0.000000562. The van der Waals surface area contributed by atoms with Gasteiger partial charge in [-0.2, -0.15) is 33.7 Å². The van der Waals surface area contributed by atoms with E-state index < -0.39 is 60.1 Å². The maximum absolute atomic E-state index is 10.7. The number of hydrogen-bond acceptors (Lipinski definition) is 8. The Labute approximate surface area is 209 Å². The summed E-state index contributed by atoms with van der Waals surface area (Å²) in [7, 11) is -18.3. The predicted molar refractivity (Wildman–Crippen MR) is 109 cm³/mol. The van der Waals surface area contributed by atoms with E-state index in [1.165, 1.54) is 0 Å². The Morgan fingerprint density at radius 2 is 0.774 bits per heavy atom. The first-order chi connectivity index (χ1) is 13.2. The van der Waals surface area contributed by atoms with Crippen LogP contribution < -0.4 is 0 Å². The molecular weight excluding hydrogens is 558 g/mol. The zero-order valence-corrected chi connectivity index (χ0v) is 18.7. The van der Waals surface area contributed by atoms with Gasteiger partial charge in [0, 0.05) is 0 Å². The zero-order chi connectivity index (χ0) is 23.7. The van der Waals surface area contributed by atoms with Crippen molar-refractivity contribution in [3.63, 3.8) is 0 Å². The summed E-state index contributed by atoms with van der Waals surface area (Å²) >= 11 is 10.8. The fraction of sp³-hybridized carbons (Fsp3) is 0. The van der Waals surface area contributed by atoms with Crippen molar-refractivity contribution in [3.05, 3.63) is 46.4 Å². The first-order valence-corrected chi connectivity index (χ1v) is 13.3. The molecule has 0 heterocycles. The van der Waals surface area contributed by atoms with Gasteiger partial charge in [-0.3, -0.25) is 18.2 Å². The van der Waals surface area contributed by atoms with E-state index in [4.69, 9.17) is 41.4 Å². The standard InChI is InChI=1S/2C6H5ClO6S2.Na.H/c2*7-5-2-1-4(14(8,9)10)3-6(5)15(11,12)13;;/h2*1-3H,(H,8,9,10)(H,11,12,13);;. The van der Waals surface area contributed by atoms with Crippen LogP contribution in [-0.4, -0.2) is 81.4 Å². The van der Waals surface area contributed by atoms with Crippen molar-refractivity contribution in [1.82, 2.24) is 0 Å². The Morgan fingerprint density at radius 3 is 0.968 bits per heavy atom. The van der Waals surface area contributed by atoms with Crippen LogP contribution >= 0.6 is 23.2 Å². The van der Waals surface area contributed by atoms with Gasteiger partial charge in [-0.05, 0) is 36.4 Å². The van der Waals surface area contributed by atoms with E-state index in [0.29, 0.717) is 12.1 Å². The summed E-state index contributed by atoms with van der Waals surface area (Å²) in [4.78, 5) is -2.89. The summed E-state index contributed by atoms with van der Waals surface area (Å²) in [6.07, 6.45) is 0. The first-order valence-electron chi connectivity index (χ1n) is 6.73. The van der Waals surface area contributed by atoms with Gasteiger partial charge in [0.2, 0.25) is 0 Å². The third kappa shape index (κ3) is 9.20. The normalized spacial score (nSPS) is 12.3. The quantitative estimate of drug-likeness (QED) is 0.300. The van der Waals surface area contributed by atoms with Crippen LogP contribution in [0.3, 0.4) is 0 Å². The maximum atomic E-state index is 10.7. The van der Waals surface area contributed by atoms with Crippen LogP contribution in [0.4, 0.5) is 0 Å². The first kappa shape index (κ1) is 30.7. The second-order valence-electron chi connectivity index (χ2n) is 5.08. The van der Waals surface area contributed by atoms with Gasteiger partial charge < -0.3 is 0 Å². The second kappa shape index (κ2) is 10.7. The van der Waals surface area contributed by atoms with Crippen molar-refractivity contribution in [1.29, 1.82) is 0 Å². The summed E-state index contributed by atoms with van der Waals surface area (Å²) in [6, 6.07) is 4.82. The van der Waals surface area contributed by atoms with Gasteiger partial charge in [-0.25, -0.2) is 0 Å². The minimum atomic E-state index is -4.62. The van der Waals surface area contributed by atoms with Crippen LogP contribution in [0, 0.1) is 0 Å². The van der Waals surface area contributed by atoms with Gasteiger partial charge in [0.15, 0.2) is 0 Å². The molecule has 0 saturated heterocycles. The van der Waals surface area contributed by atoms with Gasteiger partial charge in [0.1, 0.15) is 9.79 Å². The van der Waals surface area contributed by atoms with E-state index >= 15 is 0 Å². The molecule has 0 aliphatic rings. The van der Waals surface area contributed by atoms with E-state index in [1.54, 1.807) is 0 Å². The molecular formula is C12H11Cl2NaO12S4. The van der Waals surface area contributed by atoms with E-state index in [0.717, 1.165) is 24.3 Å². The van der Waals surface area contributed by atoms with Gasteiger partial charge in [-0.15, -0.1) is 0 Å². The summed E-state index contributed by atoms with van der Waals surface area (Å²) in [5, 5.41) is -0.685. The topological polar surface area (TPSA) is 217 Å². The fourth-order valence-corrected chi connectivity index (χ4v) is 4.85. The second-order valence-corrected chi connectivity index (χ2v) is 11.5. The average Bonchev–Trinajstić information content (AvgIpc) is 2.51. The molecule has 0 aliphatic heterocycles. The van der Waals surface area contributed by atoms with Gasteiger partial charge >= 0.3 is 29.6 Å². The fourth-order valence-electron chi connectivity index (χ4n) is 1.68. The van der Waals surface area contributed by atoms with Crippen molar-refractivity contribution in [3.8, 4) is 0 Å². The van der Waals surface area contributed by atoms with Crippen LogP contribution in [0.1, 0.15) is 0 Å². The Bertz CT molecular complexity index is 1290. The van der Waals surface area contributed by atoms with Crippen molar-refractivity contribution in [2.75, 3.05) is 0 Å². The molecule has 12 nitrogen and oxygen atoms in total. The van der Waals surface area contributed by atoms with Crippen LogP contribution in [0.5, 0.6) is 0 Å². The molecule has 2 rings (SSSR count). The summed E-state index contributed by atoms with van der Waals surface area (Å²) in [5.41, 5.74) is 0. The third-order valence-corrected chi connectivity index (χ3v) is 7.33. The number of halogens is 2. The number of rotatable bonds is 4. The molecule has 170 valence electrons. The van der Waals surface area contributed by atoms with E-state index in [1.807, 2.05) is 0 Å². The zero-order valence-electron chi connectivity index (χ0n) is 13.9. The number of hydrogen-bond donors (Lipinski definition) is 4. The van der Waals surface area contributed by atoms with Crippen LogP contribution in [0.2, 0.25) is 10.0 Å². The van der Waals surface area contributed by atoms with Gasteiger partial charge in [0.05, 0.1) is 19.8 Å². The molecule has 0 radical (unpaired) electrons. The summed E-state index contributed by atoms with van der Waals surface area (Å²) < 4.78 is 120. The molecule has 0 spiro atoms. The molecule has 0 atom stereocenters. The summed E-state index contributed by atoms with van der Waals surface area (Å²) in [6.45, 7) is 0. The Kier molecular flexibility index (Phi) is 10.6. The SMILES string of the molecule is O=S(=O)(O)c1ccc(Cl)c(S(=O)(=O)O)c1.O=S(=O)(O)c1ccc(Cl)c(S(=O)(=O)O)c1.[NaH]. The summed E-state index contributed by atoms with van der Waals surface area (Å²) in [5.74, 6) is 0. The molecule has 0 aromatic heterocycles. The van der Waals surface area contributed by atoms with E-state index in [2.05, 4.69) is 0 Å². The number of benzene rings is 2. The molecule has 0 bridgehead atoms. The van der Waals surface area contributed by atoms with E-state index in [9.17, 15) is 33.7 Å². The molecule has 2 aromatic carbocycles. The molecule has 0 aliphatic carbocycles. The van der Waals surface area contributed by atoms with Crippen molar-refractivity contribution in [2.45, 2.75) is 19.6 Å².